The van der Waals surface area contributed by atoms with Crippen LogP contribution in [0.4, 0.5) is 0 Å². The van der Waals surface area contributed by atoms with E-state index < -0.39 is 0 Å². The summed E-state index contributed by atoms with van der Waals surface area (Å²) in [5, 5.41) is 0. The Kier molecular flexibility index (Phi) is 5.10. The van der Waals surface area contributed by atoms with Gasteiger partial charge in [-0.25, -0.2) is 0 Å². The fourth-order valence-electron chi connectivity index (χ4n) is 3.33. The molecule has 3 N–H and O–H groups in total. The van der Waals surface area contributed by atoms with Gasteiger partial charge in [0.25, 0.3) is 0 Å². The molecule has 0 aliphatic carbocycles. The van der Waals surface area contributed by atoms with Gasteiger partial charge in [0.1, 0.15) is 0 Å². The van der Waals surface area contributed by atoms with Gasteiger partial charge in [-0.05, 0) is 42.5 Å². The molecule has 1 heterocycles. The molecule has 2 aromatic rings. The molecule has 112 valence electrons. The molecule has 1 unspecified atom stereocenters. The van der Waals surface area contributed by atoms with Gasteiger partial charge in [0.2, 0.25) is 0 Å². The van der Waals surface area contributed by atoms with Crippen molar-refractivity contribution in [2.75, 3.05) is 0 Å². The van der Waals surface area contributed by atoms with Gasteiger partial charge in [0.05, 0.1) is 6.04 Å². The van der Waals surface area contributed by atoms with E-state index in [1.807, 2.05) is 18.5 Å². The third-order valence-electron chi connectivity index (χ3n) is 4.72. The van der Waals surface area contributed by atoms with Crippen molar-refractivity contribution in [1.29, 1.82) is 0 Å². The highest BCUT2D eigenvalue weighted by Gasteiger charge is 2.38. The van der Waals surface area contributed by atoms with Gasteiger partial charge in [0.15, 0.2) is 0 Å². The molecule has 1 aromatic carbocycles. The van der Waals surface area contributed by atoms with Crippen LogP contribution in [0.15, 0.2) is 48.8 Å². The van der Waals surface area contributed by atoms with E-state index in [-0.39, 0.29) is 11.5 Å². The van der Waals surface area contributed by atoms with Crippen LogP contribution in [0.2, 0.25) is 0 Å². The van der Waals surface area contributed by atoms with E-state index in [0.717, 1.165) is 12.8 Å². The van der Waals surface area contributed by atoms with E-state index in [9.17, 15) is 0 Å². The summed E-state index contributed by atoms with van der Waals surface area (Å²) in [5.41, 5.74) is 6.73. The van der Waals surface area contributed by atoms with Crippen molar-refractivity contribution in [3.05, 3.63) is 65.5 Å². The predicted octanol–water partition coefficient (Wildman–Crippen LogP) is 3.65. The Morgan fingerprint density at radius 2 is 1.81 bits per heavy atom. The van der Waals surface area contributed by atoms with Crippen molar-refractivity contribution in [2.45, 2.75) is 45.1 Å². The first-order valence-corrected chi connectivity index (χ1v) is 7.61. The molecule has 0 aliphatic heterocycles. The molecule has 1 atom stereocenters. The highest BCUT2D eigenvalue weighted by Crippen LogP contribution is 2.43. The first-order chi connectivity index (χ1) is 10.2. The highest BCUT2D eigenvalue weighted by atomic mass is 15.2. The first kappa shape index (κ1) is 15.7. The van der Waals surface area contributed by atoms with E-state index in [1.54, 1.807) is 0 Å². The molecule has 0 fully saturated rings. The van der Waals surface area contributed by atoms with Gasteiger partial charge in [-0.15, -0.1) is 0 Å². The number of pyridine rings is 1. The molecule has 0 amide bonds. The molecular formula is C18H25N3. The molecule has 0 aliphatic rings. The summed E-state index contributed by atoms with van der Waals surface area (Å²) >= 11 is 0. The van der Waals surface area contributed by atoms with Crippen LogP contribution in [0.1, 0.15) is 49.4 Å². The van der Waals surface area contributed by atoms with Gasteiger partial charge in [-0.3, -0.25) is 16.3 Å². The van der Waals surface area contributed by atoms with Crippen LogP contribution < -0.4 is 11.3 Å². The predicted molar refractivity (Wildman–Crippen MR) is 87.7 cm³/mol. The average molecular weight is 283 g/mol. The van der Waals surface area contributed by atoms with Gasteiger partial charge in [-0.1, -0.05) is 44.2 Å². The number of aryl methyl sites for hydroxylation is 1. The zero-order valence-electron chi connectivity index (χ0n) is 13.1. The number of nitrogens with one attached hydrogen (secondary N) is 1. The summed E-state index contributed by atoms with van der Waals surface area (Å²) in [7, 11) is 0. The quantitative estimate of drug-likeness (QED) is 0.628. The maximum atomic E-state index is 5.97. The largest absolute Gasteiger partial charge is 0.271 e. The summed E-state index contributed by atoms with van der Waals surface area (Å²) in [6.07, 6.45) is 5.78. The maximum absolute atomic E-state index is 5.97. The molecule has 21 heavy (non-hydrogen) atoms. The molecule has 0 radical (unpaired) electrons. The van der Waals surface area contributed by atoms with Crippen LogP contribution in [0.5, 0.6) is 0 Å². The second-order valence-corrected chi connectivity index (χ2v) is 5.56. The molecule has 0 saturated carbocycles. The number of hydrazine groups is 1. The van der Waals surface area contributed by atoms with Crippen LogP contribution in [-0.2, 0) is 5.41 Å². The smallest absolute Gasteiger partial charge is 0.0574 e. The Balaban J connectivity index is 2.57. The van der Waals surface area contributed by atoms with Gasteiger partial charge < -0.3 is 0 Å². The molecule has 3 nitrogen and oxygen atoms in total. The Morgan fingerprint density at radius 3 is 2.33 bits per heavy atom. The Morgan fingerprint density at radius 1 is 1.14 bits per heavy atom. The number of hydrogen-bond acceptors (Lipinski definition) is 3. The normalized spacial score (nSPS) is 13.1. The summed E-state index contributed by atoms with van der Waals surface area (Å²) in [6.45, 7) is 6.57. The van der Waals surface area contributed by atoms with Gasteiger partial charge >= 0.3 is 0 Å². The third-order valence-corrected chi connectivity index (χ3v) is 4.72. The summed E-state index contributed by atoms with van der Waals surface area (Å²) in [6, 6.07) is 12.7. The standard InChI is InChI=1S/C18H25N3/c1-4-18(5-2,15-9-7-6-8-10-15)17(21-19)16-13-20-12-11-14(16)3/h6-13,17,21H,4-5,19H2,1-3H3. The Hall–Kier alpha value is -1.71. The second-order valence-electron chi connectivity index (χ2n) is 5.56. The van der Waals surface area contributed by atoms with Crippen LogP contribution in [0.25, 0.3) is 0 Å². The van der Waals surface area contributed by atoms with E-state index >= 15 is 0 Å². The van der Waals surface area contributed by atoms with Crippen LogP contribution in [-0.4, -0.2) is 4.98 Å². The first-order valence-electron chi connectivity index (χ1n) is 7.61. The molecule has 1 aromatic heterocycles. The number of aromatic nitrogens is 1. The minimum atomic E-state index is -0.0379. The maximum Gasteiger partial charge on any atom is 0.0574 e. The Labute approximate surface area is 127 Å². The van der Waals surface area contributed by atoms with Crippen LogP contribution in [0, 0.1) is 6.92 Å². The molecule has 0 saturated heterocycles. The van der Waals surface area contributed by atoms with Crippen molar-refractivity contribution in [3.63, 3.8) is 0 Å². The fourth-order valence-corrected chi connectivity index (χ4v) is 3.33. The zero-order chi connectivity index (χ0) is 15.3. The monoisotopic (exact) mass is 283 g/mol. The van der Waals surface area contributed by atoms with E-state index in [1.165, 1.54) is 16.7 Å². The third kappa shape index (κ3) is 2.85. The van der Waals surface area contributed by atoms with Crippen LogP contribution in [0.3, 0.4) is 0 Å². The van der Waals surface area contributed by atoms with Crippen LogP contribution >= 0.6 is 0 Å². The van der Waals surface area contributed by atoms with Crippen molar-refractivity contribution in [1.82, 2.24) is 10.4 Å². The van der Waals surface area contributed by atoms with E-state index in [0.29, 0.717) is 0 Å². The van der Waals surface area contributed by atoms with Gasteiger partial charge in [-0.2, -0.15) is 0 Å². The van der Waals surface area contributed by atoms with Crippen molar-refractivity contribution >= 4 is 0 Å². The summed E-state index contributed by atoms with van der Waals surface area (Å²) in [4.78, 5) is 4.29. The molecule has 0 bridgehead atoms. The SMILES string of the molecule is CCC(CC)(c1ccccc1)C(NN)c1cnccc1C. The highest BCUT2D eigenvalue weighted by molar-refractivity contribution is 5.35. The molecule has 3 heteroatoms. The zero-order valence-corrected chi connectivity index (χ0v) is 13.1. The average Bonchev–Trinajstić information content (AvgIpc) is 2.55. The van der Waals surface area contributed by atoms with Gasteiger partial charge in [0, 0.05) is 17.8 Å². The van der Waals surface area contributed by atoms with E-state index in [4.69, 9.17) is 5.84 Å². The number of rotatable bonds is 6. The topological polar surface area (TPSA) is 50.9 Å². The number of benzene rings is 1. The van der Waals surface area contributed by atoms with Crippen molar-refractivity contribution in [2.24, 2.45) is 5.84 Å². The lowest BCUT2D eigenvalue weighted by Gasteiger charge is -2.40. The molecular weight excluding hydrogens is 258 g/mol. The number of hydrogen-bond donors (Lipinski definition) is 2. The second kappa shape index (κ2) is 6.83. The van der Waals surface area contributed by atoms with Crippen molar-refractivity contribution < 1.29 is 0 Å². The minimum absolute atomic E-state index is 0.0379. The summed E-state index contributed by atoms with van der Waals surface area (Å²) < 4.78 is 0. The molecule has 0 spiro atoms. The lowest BCUT2D eigenvalue weighted by Crippen LogP contribution is -2.44. The molecule has 2 rings (SSSR count). The van der Waals surface area contributed by atoms with E-state index in [2.05, 4.69) is 61.5 Å². The number of nitrogens with two attached hydrogens (primary N) is 1. The minimum Gasteiger partial charge on any atom is -0.271 e. The lowest BCUT2D eigenvalue weighted by atomic mass is 9.68. The fraction of sp³-hybridized carbons (Fsp3) is 0.389. The number of nitrogens with zero attached hydrogens (tertiary/aromatic N) is 1. The summed E-state index contributed by atoms with van der Waals surface area (Å²) in [5.74, 6) is 5.97. The van der Waals surface area contributed by atoms with Crippen molar-refractivity contribution in [3.8, 4) is 0 Å². The lowest BCUT2D eigenvalue weighted by molar-refractivity contribution is 0.275. The Bertz CT molecular complexity index is 562.